The third kappa shape index (κ3) is 2.47. The van der Waals surface area contributed by atoms with Gasteiger partial charge in [-0.3, -0.25) is 4.79 Å². The van der Waals surface area contributed by atoms with E-state index in [-0.39, 0.29) is 6.04 Å². The minimum Gasteiger partial charge on any atom is -0.394 e. The van der Waals surface area contributed by atoms with Gasteiger partial charge in [-0.05, 0) is 19.4 Å². The number of nitrogens with one attached hydrogen (secondary N) is 1. The molecule has 13 heavy (non-hydrogen) atoms. The molecular weight excluding hydrogens is 174 g/mol. The van der Waals surface area contributed by atoms with Crippen LogP contribution in [0.15, 0.2) is 0 Å². The second-order valence-corrected chi connectivity index (χ2v) is 3.25. The molecule has 0 aliphatic carbocycles. The van der Waals surface area contributed by atoms with Crippen molar-refractivity contribution in [2.24, 2.45) is 0 Å². The molecule has 0 aromatic heterocycles. The normalized spacial score (nSPS) is 27.2. The molecule has 1 rings (SSSR count). The highest BCUT2D eigenvalue weighted by Crippen LogP contribution is 2.09. The van der Waals surface area contributed by atoms with Gasteiger partial charge in [-0.2, -0.15) is 0 Å². The lowest BCUT2D eigenvalue weighted by Crippen LogP contribution is -2.45. The predicted molar refractivity (Wildman–Crippen MR) is 45.1 cm³/mol. The first-order chi connectivity index (χ1) is 6.16. The molecule has 76 valence electrons. The molecule has 1 saturated heterocycles. The molecule has 0 aromatic carbocycles. The van der Waals surface area contributed by atoms with Crippen molar-refractivity contribution in [3.05, 3.63) is 0 Å². The maximum atomic E-state index is 11.4. The highest BCUT2D eigenvalue weighted by atomic mass is 16.4. The topological polar surface area (TPSA) is 89.8 Å². The molecule has 5 heteroatoms. The summed E-state index contributed by atoms with van der Waals surface area (Å²) in [7, 11) is 0. The lowest BCUT2D eigenvalue weighted by Gasteiger charge is -2.17. The third-order valence-corrected chi connectivity index (χ3v) is 2.25. The number of hydrogen-bond donors (Lipinski definition) is 4. The summed E-state index contributed by atoms with van der Waals surface area (Å²) < 4.78 is 0. The quantitative estimate of drug-likeness (QED) is 0.411. The summed E-state index contributed by atoms with van der Waals surface area (Å²) in [5.74, 6) is -0.431. The van der Waals surface area contributed by atoms with Crippen molar-refractivity contribution in [1.82, 2.24) is 5.32 Å². The van der Waals surface area contributed by atoms with E-state index in [2.05, 4.69) is 5.32 Å². The third-order valence-electron chi connectivity index (χ3n) is 2.25. The Balaban J connectivity index is 2.45. The zero-order valence-electron chi connectivity index (χ0n) is 7.31. The van der Waals surface area contributed by atoms with Crippen molar-refractivity contribution in [3.63, 3.8) is 0 Å². The lowest BCUT2D eigenvalue weighted by atomic mass is 10.0. The number of aliphatic hydroxyl groups is 3. The fourth-order valence-electron chi connectivity index (χ4n) is 1.42. The summed E-state index contributed by atoms with van der Waals surface area (Å²) in [6.07, 6.45) is -1.25. The molecule has 0 radical (unpaired) electrons. The number of carbonyl (C=O) groups is 1. The predicted octanol–water partition coefficient (Wildman–Crippen LogP) is -1.98. The van der Waals surface area contributed by atoms with Gasteiger partial charge in [-0.1, -0.05) is 0 Å². The minimum atomic E-state index is -1.47. The van der Waals surface area contributed by atoms with Crippen LogP contribution in [0.5, 0.6) is 0 Å². The molecule has 1 fully saturated rings. The van der Waals surface area contributed by atoms with E-state index in [9.17, 15) is 9.90 Å². The summed E-state index contributed by atoms with van der Waals surface area (Å²) in [6.45, 7) is 0.165. The zero-order valence-corrected chi connectivity index (χ0v) is 7.31. The Kier molecular flexibility index (Phi) is 3.80. The van der Waals surface area contributed by atoms with Crippen molar-refractivity contribution in [2.45, 2.75) is 31.1 Å². The maximum absolute atomic E-state index is 11.4. The van der Waals surface area contributed by atoms with Crippen LogP contribution in [-0.4, -0.2) is 52.5 Å². The zero-order chi connectivity index (χ0) is 9.84. The number of hydrogen-bond acceptors (Lipinski definition) is 5. The van der Waals surface area contributed by atoms with Gasteiger partial charge in [0.15, 0.2) is 5.78 Å². The van der Waals surface area contributed by atoms with Gasteiger partial charge < -0.3 is 20.6 Å². The van der Waals surface area contributed by atoms with Gasteiger partial charge in [0.25, 0.3) is 0 Å². The first-order valence-electron chi connectivity index (χ1n) is 4.41. The van der Waals surface area contributed by atoms with E-state index in [1.54, 1.807) is 0 Å². The Hall–Kier alpha value is -0.490. The fourth-order valence-corrected chi connectivity index (χ4v) is 1.42. The van der Waals surface area contributed by atoms with Gasteiger partial charge in [0.1, 0.15) is 12.2 Å². The van der Waals surface area contributed by atoms with E-state index in [1.165, 1.54) is 0 Å². The maximum Gasteiger partial charge on any atom is 0.180 e. The number of rotatable bonds is 4. The molecule has 3 unspecified atom stereocenters. The van der Waals surface area contributed by atoms with Crippen molar-refractivity contribution < 1.29 is 20.1 Å². The van der Waals surface area contributed by atoms with Crippen LogP contribution in [0.1, 0.15) is 12.8 Å². The number of Topliss-reactive ketones (excluding diaryl/α,β-unsaturated/α-hetero) is 1. The van der Waals surface area contributed by atoms with E-state index < -0.39 is 24.6 Å². The Bertz CT molecular complexity index is 179. The summed E-state index contributed by atoms with van der Waals surface area (Å²) in [6, 6.07) is -0.365. The van der Waals surface area contributed by atoms with Crippen LogP contribution < -0.4 is 5.32 Å². The standard InChI is InChI=1S/C8H15NO4/c10-4-6(11)8(13)7(12)5-2-1-3-9-5/h5-6,8-11,13H,1-4H2. The monoisotopic (exact) mass is 189 g/mol. The second kappa shape index (κ2) is 4.66. The molecular formula is C8H15NO4. The van der Waals surface area contributed by atoms with Gasteiger partial charge in [0, 0.05) is 0 Å². The van der Waals surface area contributed by atoms with Gasteiger partial charge in [0.05, 0.1) is 12.6 Å². The van der Waals surface area contributed by atoms with E-state index >= 15 is 0 Å². The average molecular weight is 189 g/mol. The molecule has 1 aliphatic rings. The van der Waals surface area contributed by atoms with Crippen molar-refractivity contribution >= 4 is 5.78 Å². The SMILES string of the molecule is O=C(C1CCCN1)C(O)C(O)CO. The smallest absolute Gasteiger partial charge is 0.180 e. The first kappa shape index (κ1) is 10.6. The van der Waals surface area contributed by atoms with Crippen LogP contribution in [0, 0.1) is 0 Å². The Morgan fingerprint density at radius 3 is 2.69 bits per heavy atom. The van der Waals surface area contributed by atoms with Gasteiger partial charge in [0.2, 0.25) is 0 Å². The van der Waals surface area contributed by atoms with Crippen LogP contribution in [-0.2, 0) is 4.79 Å². The highest BCUT2D eigenvalue weighted by molar-refractivity contribution is 5.88. The van der Waals surface area contributed by atoms with Crippen LogP contribution in [0.4, 0.5) is 0 Å². The molecule has 4 N–H and O–H groups in total. The fraction of sp³-hybridized carbons (Fsp3) is 0.875. The summed E-state index contributed by atoms with van der Waals surface area (Å²) in [5.41, 5.74) is 0. The lowest BCUT2D eigenvalue weighted by molar-refractivity contribution is -0.136. The second-order valence-electron chi connectivity index (χ2n) is 3.25. The summed E-state index contributed by atoms with van der Waals surface area (Å²) in [5, 5.41) is 29.7. The van der Waals surface area contributed by atoms with E-state index in [4.69, 9.17) is 10.2 Å². The molecule has 5 nitrogen and oxygen atoms in total. The number of aliphatic hydroxyl groups excluding tert-OH is 3. The summed E-state index contributed by atoms with van der Waals surface area (Å²) in [4.78, 5) is 11.4. The molecule has 1 aliphatic heterocycles. The summed E-state index contributed by atoms with van der Waals surface area (Å²) >= 11 is 0. The average Bonchev–Trinajstić information content (AvgIpc) is 2.67. The molecule has 0 aromatic rings. The molecule has 1 heterocycles. The first-order valence-corrected chi connectivity index (χ1v) is 4.41. The Labute approximate surface area is 76.4 Å². The van der Waals surface area contributed by atoms with Gasteiger partial charge >= 0.3 is 0 Å². The Morgan fingerprint density at radius 1 is 1.54 bits per heavy atom. The highest BCUT2D eigenvalue weighted by Gasteiger charge is 2.31. The van der Waals surface area contributed by atoms with Gasteiger partial charge in [-0.25, -0.2) is 0 Å². The molecule has 0 bridgehead atoms. The van der Waals surface area contributed by atoms with Crippen LogP contribution in [0.3, 0.4) is 0 Å². The van der Waals surface area contributed by atoms with Crippen molar-refractivity contribution in [1.29, 1.82) is 0 Å². The van der Waals surface area contributed by atoms with Crippen LogP contribution in [0.25, 0.3) is 0 Å². The van der Waals surface area contributed by atoms with E-state index in [1.807, 2.05) is 0 Å². The molecule has 3 atom stereocenters. The van der Waals surface area contributed by atoms with Crippen molar-refractivity contribution in [3.8, 4) is 0 Å². The van der Waals surface area contributed by atoms with Crippen molar-refractivity contribution in [2.75, 3.05) is 13.2 Å². The molecule has 0 spiro atoms. The molecule has 0 saturated carbocycles. The van der Waals surface area contributed by atoms with Crippen LogP contribution in [0.2, 0.25) is 0 Å². The largest absolute Gasteiger partial charge is 0.394 e. The van der Waals surface area contributed by atoms with E-state index in [0.29, 0.717) is 6.42 Å². The van der Waals surface area contributed by atoms with E-state index in [0.717, 1.165) is 13.0 Å². The molecule has 0 amide bonds. The number of carbonyl (C=O) groups excluding carboxylic acids is 1. The number of ketones is 1. The van der Waals surface area contributed by atoms with Gasteiger partial charge in [-0.15, -0.1) is 0 Å². The van der Waals surface area contributed by atoms with Crippen LogP contribution >= 0.6 is 0 Å². The Morgan fingerprint density at radius 2 is 2.23 bits per heavy atom. The minimum absolute atomic E-state index is 0.365.